The molecule has 0 amide bonds. The Hall–Kier alpha value is -1.54. The quantitative estimate of drug-likeness (QED) is 0.532. The lowest BCUT2D eigenvalue weighted by Gasteiger charge is -2.05. The minimum Gasteiger partial charge on any atom is -0.484 e. The summed E-state index contributed by atoms with van der Waals surface area (Å²) < 4.78 is 16.9. The normalized spacial score (nSPS) is 10.7. The minimum atomic E-state index is -0.314. The lowest BCUT2D eigenvalue weighted by Crippen LogP contribution is -2.13. The molecular formula is C14H15BrN2O4S. The average Bonchev–Trinajstić information content (AvgIpc) is 2.92. The van der Waals surface area contributed by atoms with E-state index < -0.39 is 0 Å². The lowest BCUT2D eigenvalue weighted by molar-refractivity contribution is -0.144. The third-order valence-corrected chi connectivity index (χ3v) is 3.63. The molecule has 2 aromatic rings. The van der Waals surface area contributed by atoms with Gasteiger partial charge in [0.25, 0.3) is 11.1 Å². The summed E-state index contributed by atoms with van der Waals surface area (Å²) in [5.41, 5.74) is 0. The molecule has 118 valence electrons. The van der Waals surface area contributed by atoms with Gasteiger partial charge in [0.15, 0.2) is 6.61 Å². The van der Waals surface area contributed by atoms with Crippen LogP contribution in [0.3, 0.4) is 0 Å². The van der Waals surface area contributed by atoms with Crippen LogP contribution >= 0.6 is 27.7 Å². The van der Waals surface area contributed by atoms with Gasteiger partial charge in [0.1, 0.15) is 11.5 Å². The van der Waals surface area contributed by atoms with Crippen LogP contribution in [0.1, 0.15) is 19.7 Å². The number of carbonyl (C=O) groups excluding carboxylic acids is 1. The van der Waals surface area contributed by atoms with Crippen molar-refractivity contribution in [2.24, 2.45) is 0 Å². The van der Waals surface area contributed by atoms with Crippen molar-refractivity contribution in [1.29, 1.82) is 0 Å². The van der Waals surface area contributed by atoms with E-state index in [1.807, 2.05) is 24.3 Å². The van der Waals surface area contributed by atoms with Crippen LogP contribution < -0.4 is 4.74 Å². The molecule has 22 heavy (non-hydrogen) atoms. The Morgan fingerprint density at radius 1 is 1.32 bits per heavy atom. The van der Waals surface area contributed by atoms with E-state index in [9.17, 15) is 4.79 Å². The molecule has 0 radical (unpaired) electrons. The van der Waals surface area contributed by atoms with Crippen molar-refractivity contribution in [2.45, 2.75) is 31.8 Å². The first-order valence-electron chi connectivity index (χ1n) is 6.56. The Kier molecular flexibility index (Phi) is 6.26. The molecule has 0 aliphatic carbocycles. The van der Waals surface area contributed by atoms with Crippen LogP contribution in [0, 0.1) is 0 Å². The molecule has 2 rings (SSSR count). The number of hydrogen-bond acceptors (Lipinski definition) is 7. The van der Waals surface area contributed by atoms with Crippen LogP contribution in [0.25, 0.3) is 0 Å². The highest BCUT2D eigenvalue weighted by atomic mass is 79.9. The van der Waals surface area contributed by atoms with E-state index in [0.717, 1.165) is 16.2 Å². The van der Waals surface area contributed by atoms with Crippen LogP contribution in [-0.4, -0.2) is 28.0 Å². The Morgan fingerprint density at radius 3 is 2.73 bits per heavy atom. The second kappa shape index (κ2) is 8.19. The summed E-state index contributed by atoms with van der Waals surface area (Å²) >= 11 is 4.49. The Morgan fingerprint density at radius 2 is 2.05 bits per heavy atom. The van der Waals surface area contributed by atoms with Crippen LogP contribution in [0.5, 0.6) is 5.75 Å². The van der Waals surface area contributed by atoms with E-state index in [2.05, 4.69) is 26.1 Å². The van der Waals surface area contributed by atoms with Gasteiger partial charge >= 0.3 is 5.97 Å². The molecule has 0 unspecified atom stereocenters. The molecule has 1 aromatic heterocycles. The minimum absolute atomic E-state index is 0.132. The first-order chi connectivity index (χ1) is 10.5. The van der Waals surface area contributed by atoms with Gasteiger partial charge in [-0.1, -0.05) is 27.7 Å². The monoisotopic (exact) mass is 386 g/mol. The largest absolute Gasteiger partial charge is 0.484 e. The molecule has 6 nitrogen and oxygen atoms in total. The molecule has 0 spiro atoms. The summed E-state index contributed by atoms with van der Waals surface area (Å²) in [6.45, 7) is 3.77. The van der Waals surface area contributed by atoms with Crippen molar-refractivity contribution in [1.82, 2.24) is 10.2 Å². The predicted octanol–water partition coefficient (Wildman–Crippen LogP) is 3.45. The Balaban J connectivity index is 1.78. The molecule has 0 atom stereocenters. The molecule has 0 aliphatic heterocycles. The van der Waals surface area contributed by atoms with Gasteiger partial charge in [-0.2, -0.15) is 0 Å². The van der Waals surface area contributed by atoms with Crippen LogP contribution in [0.4, 0.5) is 0 Å². The Labute approximate surface area is 140 Å². The maximum absolute atomic E-state index is 11.4. The van der Waals surface area contributed by atoms with E-state index in [4.69, 9.17) is 13.9 Å². The maximum Gasteiger partial charge on any atom is 0.316 e. The van der Waals surface area contributed by atoms with Crippen LogP contribution in [-0.2, 0) is 16.1 Å². The number of carbonyl (C=O) groups is 1. The van der Waals surface area contributed by atoms with E-state index in [1.165, 1.54) is 0 Å². The number of ether oxygens (including phenoxy) is 2. The number of nitrogens with zero attached hydrogens (tertiary/aromatic N) is 2. The maximum atomic E-state index is 11.4. The summed E-state index contributed by atoms with van der Waals surface area (Å²) in [4.78, 5) is 11.4. The molecule has 0 aliphatic rings. The summed E-state index contributed by atoms with van der Waals surface area (Å²) in [6.07, 6.45) is -0.134. The number of aromatic nitrogens is 2. The first-order valence-corrected chi connectivity index (χ1v) is 8.34. The number of esters is 1. The van der Waals surface area contributed by atoms with Crippen molar-refractivity contribution in [3.05, 3.63) is 34.6 Å². The van der Waals surface area contributed by atoms with E-state index in [-0.39, 0.29) is 24.4 Å². The zero-order valence-electron chi connectivity index (χ0n) is 12.1. The van der Waals surface area contributed by atoms with Gasteiger partial charge in [0, 0.05) is 4.47 Å². The lowest BCUT2D eigenvalue weighted by atomic mass is 10.3. The zero-order valence-corrected chi connectivity index (χ0v) is 14.5. The zero-order chi connectivity index (χ0) is 15.9. The van der Waals surface area contributed by atoms with Crippen molar-refractivity contribution in [2.75, 3.05) is 5.75 Å². The second-order valence-electron chi connectivity index (χ2n) is 4.53. The number of halogens is 1. The van der Waals surface area contributed by atoms with Gasteiger partial charge in [-0.15, -0.1) is 10.2 Å². The van der Waals surface area contributed by atoms with Gasteiger partial charge in [-0.3, -0.25) is 4.79 Å². The third-order valence-electron chi connectivity index (χ3n) is 2.30. The molecule has 8 heteroatoms. The van der Waals surface area contributed by atoms with E-state index >= 15 is 0 Å². The molecule has 1 aromatic carbocycles. The van der Waals surface area contributed by atoms with E-state index in [1.54, 1.807) is 13.8 Å². The molecule has 0 N–H and O–H groups in total. The fraction of sp³-hybridized carbons (Fsp3) is 0.357. The third kappa shape index (κ3) is 5.69. The smallest absolute Gasteiger partial charge is 0.316 e. The summed E-state index contributed by atoms with van der Waals surface area (Å²) in [5.74, 6) is 0.873. The molecule has 0 fully saturated rings. The SMILES string of the molecule is CC(C)OC(=O)CSc1nnc(COc2ccc(Br)cc2)o1. The standard InChI is InChI=1S/C14H15BrN2O4S/c1-9(2)20-13(18)8-22-14-17-16-12(21-14)7-19-11-5-3-10(15)4-6-11/h3-6,9H,7-8H2,1-2H3. The van der Waals surface area contributed by atoms with Crippen LogP contribution in [0.2, 0.25) is 0 Å². The Bertz CT molecular complexity index is 616. The summed E-state index contributed by atoms with van der Waals surface area (Å²) in [5, 5.41) is 8.02. The highest BCUT2D eigenvalue weighted by Gasteiger charge is 2.11. The fourth-order valence-corrected chi connectivity index (χ4v) is 2.28. The molecule has 0 saturated carbocycles. The van der Waals surface area contributed by atoms with Gasteiger partial charge in [-0.05, 0) is 38.1 Å². The average molecular weight is 387 g/mol. The fourth-order valence-electron chi connectivity index (χ4n) is 1.45. The van der Waals surface area contributed by atoms with Crippen molar-refractivity contribution >= 4 is 33.7 Å². The van der Waals surface area contributed by atoms with Gasteiger partial charge < -0.3 is 13.9 Å². The number of rotatable bonds is 7. The topological polar surface area (TPSA) is 74.5 Å². The number of hydrogen-bond donors (Lipinski definition) is 0. The number of benzene rings is 1. The van der Waals surface area contributed by atoms with Gasteiger partial charge in [-0.25, -0.2) is 0 Å². The highest BCUT2D eigenvalue weighted by molar-refractivity contribution is 9.10. The number of thioether (sulfide) groups is 1. The first kappa shape index (κ1) is 16.8. The molecular weight excluding hydrogens is 372 g/mol. The van der Waals surface area contributed by atoms with Crippen molar-refractivity contribution in [3.63, 3.8) is 0 Å². The molecule has 1 heterocycles. The van der Waals surface area contributed by atoms with Crippen molar-refractivity contribution < 1.29 is 18.7 Å². The summed E-state index contributed by atoms with van der Waals surface area (Å²) in [6, 6.07) is 7.42. The van der Waals surface area contributed by atoms with Gasteiger partial charge in [0.2, 0.25) is 0 Å². The van der Waals surface area contributed by atoms with E-state index in [0.29, 0.717) is 16.9 Å². The predicted molar refractivity (Wildman–Crippen MR) is 84.7 cm³/mol. The van der Waals surface area contributed by atoms with Crippen molar-refractivity contribution in [3.8, 4) is 5.75 Å². The second-order valence-corrected chi connectivity index (χ2v) is 6.37. The summed E-state index contributed by atoms with van der Waals surface area (Å²) in [7, 11) is 0. The van der Waals surface area contributed by atoms with Crippen LogP contribution in [0.15, 0.2) is 38.4 Å². The molecule has 0 bridgehead atoms. The highest BCUT2D eigenvalue weighted by Crippen LogP contribution is 2.19. The molecule has 0 saturated heterocycles. The van der Waals surface area contributed by atoms with Gasteiger partial charge in [0.05, 0.1) is 6.10 Å².